The summed E-state index contributed by atoms with van der Waals surface area (Å²) in [6, 6.07) is 44.3. The fourth-order valence-corrected chi connectivity index (χ4v) is 17.8. The lowest BCUT2D eigenvalue weighted by atomic mass is 9.30. The minimum Gasteiger partial charge on any atom is -0.459 e. The Morgan fingerprint density at radius 3 is 1.28 bits per heavy atom. The summed E-state index contributed by atoms with van der Waals surface area (Å²) >= 11 is 0. The normalized spacial score (nSPS) is 16.4. The predicted molar refractivity (Wildman–Crippen MR) is 515 cm³/mol. The molecule has 0 saturated carbocycles. The molecule has 0 atom stereocenters. The van der Waals surface area contributed by atoms with E-state index in [1.165, 1.54) is 0 Å². The number of ether oxygens (including phenoxy) is 1. The van der Waals surface area contributed by atoms with E-state index in [1.54, 1.807) is 17.0 Å². The lowest BCUT2D eigenvalue weighted by Crippen LogP contribution is -2.65. The van der Waals surface area contributed by atoms with Crippen LogP contribution in [0.1, 0.15) is 117 Å². The van der Waals surface area contributed by atoms with E-state index >= 15 is 0 Å². The van der Waals surface area contributed by atoms with Gasteiger partial charge in [0, 0.05) is 78.5 Å². The van der Waals surface area contributed by atoms with E-state index in [9.17, 15) is 31.5 Å². The second-order valence-corrected chi connectivity index (χ2v) is 34.1. The molecule has 5 heterocycles. The zero-order valence-electron chi connectivity index (χ0n) is 95.6. The Bertz CT molecular complexity index is 8820. The van der Waals surface area contributed by atoms with Crippen molar-refractivity contribution in [1.29, 1.82) is 0 Å². The fourth-order valence-electron chi connectivity index (χ4n) is 17.8. The highest BCUT2D eigenvalue weighted by Gasteiger charge is 2.52. The van der Waals surface area contributed by atoms with Gasteiger partial charge >= 0.3 is 0 Å². The highest BCUT2D eigenvalue weighted by atomic mass is 16.5. The van der Waals surface area contributed by atoms with Crippen molar-refractivity contribution in [2.24, 2.45) is 0 Å². The maximum absolute atomic E-state index is 12.5. The largest absolute Gasteiger partial charge is 0.459 e. The minimum absolute atomic E-state index is 0.0394. The first-order valence-corrected chi connectivity index (χ1v) is 40.4. The lowest BCUT2D eigenvalue weighted by molar-refractivity contribution is 0.491. The summed E-state index contributed by atoms with van der Waals surface area (Å²) in [6.45, 7) is 15.1. The maximum atomic E-state index is 12.5. The van der Waals surface area contributed by atoms with Gasteiger partial charge in [-0.25, -0.2) is 0 Å². The Balaban J connectivity index is 0.993. The topological polar surface area (TPSA) is 23.9 Å². The van der Waals surface area contributed by atoms with E-state index in [0.717, 1.165) is 26.8 Å². The van der Waals surface area contributed by atoms with Crippen LogP contribution in [0.4, 0.5) is 51.2 Å². The molecule has 0 spiro atoms. The van der Waals surface area contributed by atoms with Gasteiger partial charge < -0.3 is 24.0 Å². The minimum atomic E-state index is -1.75. The summed E-state index contributed by atoms with van der Waals surface area (Å²) in [5, 5.41) is -1.19. The zero-order valence-corrected chi connectivity index (χ0v) is 67.6. The molecule has 18 aromatic rings. The molecule has 0 aliphatic carbocycles. The smallest absolute Gasteiger partial charge is 0.256 e. The summed E-state index contributed by atoms with van der Waals surface area (Å²) in [6.07, 6.45) is 0. The number of aromatic nitrogens is 1. The third-order valence-electron chi connectivity index (χ3n) is 23.7. The fraction of sp³-hybridized carbons (Fsp3) is 0.105. The average Bonchev–Trinajstić information content (AvgIpc) is 1.05. The van der Waals surface area contributed by atoms with Crippen molar-refractivity contribution in [2.75, 3.05) is 14.7 Å². The number of rotatable bonds is 11. The Morgan fingerprint density at radius 1 is 0.273 bits per heavy atom. The van der Waals surface area contributed by atoms with Gasteiger partial charge in [-0.1, -0.05) is 341 Å². The van der Waals surface area contributed by atoms with Crippen molar-refractivity contribution < 1.29 is 43.1 Å². The molecule has 1 aromatic heterocycles. The summed E-state index contributed by atoms with van der Waals surface area (Å²) in [5.41, 5.74) is 1.83. The van der Waals surface area contributed by atoms with E-state index in [0.29, 0.717) is 72.6 Å². The Labute approximate surface area is 750 Å². The summed E-state index contributed by atoms with van der Waals surface area (Å²) in [7, 11) is 0. The van der Waals surface area contributed by atoms with Crippen molar-refractivity contribution in [2.45, 2.75) is 78.6 Å². The third-order valence-corrected chi connectivity index (χ3v) is 23.7. The van der Waals surface area contributed by atoms with Crippen molar-refractivity contribution in [3.05, 3.63) is 398 Å². The van der Waals surface area contributed by atoms with Gasteiger partial charge in [-0.3, -0.25) is 0 Å². The zero-order chi connectivity index (χ0) is 106. The number of hydrogen-bond donors (Lipinski definition) is 0. The quantitative estimate of drug-likeness (QED) is 0.120. The van der Waals surface area contributed by atoms with E-state index in [1.807, 2.05) is 206 Å². The molecule has 0 saturated heterocycles. The molecule has 578 valence electrons. The van der Waals surface area contributed by atoms with Crippen molar-refractivity contribution in [1.82, 2.24) is 4.57 Å². The molecular formula is C114H90B2N4O. The number of nitrogens with zero attached hydrogens (tertiary/aromatic N) is 4. The molecule has 5 nitrogen and oxygen atoms in total. The first-order chi connectivity index (χ1) is 70.6. The van der Waals surface area contributed by atoms with Crippen LogP contribution in [-0.4, -0.2) is 18.0 Å². The van der Waals surface area contributed by atoms with Crippen molar-refractivity contribution >= 4 is 119 Å². The molecule has 0 unspecified atom stereocenters. The van der Waals surface area contributed by atoms with Gasteiger partial charge in [0.2, 0.25) is 0 Å². The number of para-hydroxylation sites is 3. The van der Waals surface area contributed by atoms with Gasteiger partial charge in [0.25, 0.3) is 13.4 Å². The Morgan fingerprint density at radius 2 is 0.711 bits per heavy atom. The molecule has 0 radical (unpaired) electrons. The number of anilines is 9. The predicted octanol–water partition coefficient (Wildman–Crippen LogP) is 26.8. The summed E-state index contributed by atoms with van der Waals surface area (Å²) in [4.78, 5) is 5.48. The highest BCUT2D eigenvalue weighted by Crippen LogP contribution is 2.58. The first-order valence-electron chi connectivity index (χ1n) is 54.4. The highest BCUT2D eigenvalue weighted by molar-refractivity contribution is 7.03. The van der Waals surface area contributed by atoms with E-state index in [4.69, 9.17) is 11.6 Å². The maximum Gasteiger partial charge on any atom is 0.256 e. The Hall–Kier alpha value is -14.1. The Kier molecular flexibility index (Phi) is 11.5. The molecule has 17 aromatic carbocycles. The van der Waals surface area contributed by atoms with Crippen LogP contribution < -0.4 is 52.2 Å². The van der Waals surface area contributed by atoms with Crippen LogP contribution in [0.15, 0.2) is 382 Å². The first kappa shape index (κ1) is 49.3. The number of hydrogen-bond acceptors (Lipinski definition) is 4. The number of benzene rings is 17. The molecule has 0 N–H and O–H groups in total. The summed E-state index contributed by atoms with van der Waals surface area (Å²) < 4.78 is 293. The monoisotopic (exact) mass is 1580 g/mol. The second-order valence-electron chi connectivity index (χ2n) is 34.1. The van der Waals surface area contributed by atoms with Gasteiger partial charge in [-0.15, -0.1) is 0 Å². The van der Waals surface area contributed by atoms with Gasteiger partial charge in [0.05, 0.1) is 60.8 Å². The van der Waals surface area contributed by atoms with Crippen molar-refractivity contribution in [3.8, 4) is 95.1 Å². The molecule has 0 fully saturated rings. The summed E-state index contributed by atoms with van der Waals surface area (Å²) in [5.74, 6) is -0.734. The molecule has 7 heteroatoms. The molecule has 4 aliphatic rings. The number of fused-ring (bicyclic) bond motifs is 12. The molecule has 0 amide bonds. The van der Waals surface area contributed by atoms with E-state index < -0.39 is 248 Å². The van der Waals surface area contributed by atoms with Gasteiger partial charge in [-0.05, 0) is 224 Å². The van der Waals surface area contributed by atoms with Crippen LogP contribution in [0.25, 0.3) is 105 Å². The second kappa shape index (κ2) is 28.3. The van der Waals surface area contributed by atoms with Crippen LogP contribution in [0.3, 0.4) is 0 Å². The SMILES string of the molecule is [2H]c1c([2H])c([2H])c(-c2c([2H])c([2H])c([2H])c(-c3c([2H])c([2H])c4c(c3[2H])c3c([2H])c([2H])c([2H])c([2H])c3n4-c3c([2H])c([2H])c4c(c3[2H])N(c3c(-c5ccccc5)cc(C(C)(C)C)cc3-c3ccccc3)c3cc(C(C)(C)C)cc5c3B4c3c4c6c(c([2H])c3N5c3c(-c5ccccc5)cc(C(C)(C)C)cc3-c3ccccc3)N(c3ccc(-c5ccccc5)cc3)c3c([2H])c([2H])c([2H])c([2H])c3B6c3c([2H])c([2H])c([2H])c([2H])c3O4)c2[2H])c([2H])c1[2H]. The van der Waals surface area contributed by atoms with Gasteiger partial charge in [0.15, 0.2) is 0 Å². The molecular weight excluding hydrogens is 1460 g/mol. The molecule has 4 aliphatic heterocycles. The lowest BCUT2D eigenvalue weighted by Gasteiger charge is -2.49. The van der Waals surface area contributed by atoms with E-state index in [-0.39, 0.29) is 73.2 Å². The van der Waals surface area contributed by atoms with Crippen molar-refractivity contribution in [3.63, 3.8) is 0 Å². The standard InChI is InChI=1S/C114H90B2N4O/c1-112(2,3)83-65-89(76-39-20-12-21-40-76)109(90(66-83)77-41-22-13-23-42-77)119-100-71-87(118-97-52-31-28-49-88(97)93-64-82(57-62-98(93)118)81-48-34-47-80(63-81)74-37-18-11-19-38-74)60-61-95(100)116-106-101(119)69-85(114(7,8)9)70-102(106)120(110-91(78-43-24-14-25-44-78)67-84(113(4,5)6)68-92(110)79-45-26-15-27-46-79)104-72-103-107-111(108(104)116)121-105-54-33-30-51-96(105)115(107)94-50-29-32-53-99(94)117(103)86-58-55-75(56-59-86)73-35-16-10-17-36-73/h10-72H,1-9H3/i11D,18D,19D,28D,29D,30D,31D,32D,33D,34D,37D,38D,47D,48D,49D,50D,51D,52D,53D,54D,57D,60D,61D,62D,63D,64D,71D,72D. The van der Waals surface area contributed by atoms with Crippen LogP contribution >= 0.6 is 0 Å². The van der Waals surface area contributed by atoms with Crippen LogP contribution in [-0.2, 0) is 16.2 Å². The van der Waals surface area contributed by atoms with Gasteiger partial charge in [0.1, 0.15) is 11.5 Å². The molecule has 22 rings (SSSR count). The van der Waals surface area contributed by atoms with Crippen LogP contribution in [0.5, 0.6) is 11.5 Å². The molecule has 0 bridgehead atoms. The van der Waals surface area contributed by atoms with Crippen LogP contribution in [0.2, 0.25) is 0 Å². The van der Waals surface area contributed by atoms with Crippen LogP contribution in [0, 0.1) is 0 Å². The third kappa shape index (κ3) is 12.1. The van der Waals surface area contributed by atoms with Gasteiger partial charge in [-0.2, -0.15) is 0 Å². The molecule has 121 heavy (non-hydrogen) atoms. The average molecular weight is 1580 g/mol. The van der Waals surface area contributed by atoms with E-state index in [2.05, 4.69) is 65.8 Å².